The van der Waals surface area contributed by atoms with Crippen molar-refractivity contribution in [2.24, 2.45) is 5.92 Å². The second kappa shape index (κ2) is 8.38. The number of fused-ring (bicyclic) bond motifs is 6. The fourth-order valence-electron chi connectivity index (χ4n) is 6.87. The second-order valence-electron chi connectivity index (χ2n) is 10.1. The molecule has 37 heavy (non-hydrogen) atoms. The van der Waals surface area contributed by atoms with Crippen LogP contribution in [0.15, 0.2) is 6.07 Å². The summed E-state index contributed by atoms with van der Waals surface area (Å²) in [5.74, 6) is -4.27. The van der Waals surface area contributed by atoms with Crippen molar-refractivity contribution < 1.29 is 48.9 Å². The van der Waals surface area contributed by atoms with E-state index in [-0.39, 0.29) is 32.7 Å². The number of aryl methyl sites for hydroxylation is 1. The van der Waals surface area contributed by atoms with Crippen molar-refractivity contribution in [3.8, 4) is 17.2 Å². The van der Waals surface area contributed by atoms with Crippen molar-refractivity contribution in [2.45, 2.75) is 55.6 Å². The van der Waals surface area contributed by atoms with Gasteiger partial charge in [-0.1, -0.05) is 22.6 Å². The normalized spacial score (nSPS) is 33.6. The number of phenols is 1. The molecule has 2 aromatic carbocycles. The number of rotatable bonds is 6. The number of aromatic hydroxyl groups is 1. The van der Waals surface area contributed by atoms with E-state index in [2.05, 4.69) is 0 Å². The lowest BCUT2D eigenvalue weighted by Gasteiger charge is -2.54. The standard InChI is InChI=1S/C26H29IO10/c1-11-7-14-18(19(31)17-13(20(14)33-2)5-4-6-15(17)30)21-16(11)22-23-26(34-3,35-21)24(32,10-27)25(36-22,37-23)12(8-28)9-29/h7,12,22-23,28-29,31-32H,4-6,8-10H2,1-3H3/t22?,23?,24-,25?,26-/m1/s1. The van der Waals surface area contributed by atoms with E-state index >= 15 is 0 Å². The number of halogens is 1. The van der Waals surface area contributed by atoms with Gasteiger partial charge in [-0.15, -0.1) is 0 Å². The predicted octanol–water partition coefficient (Wildman–Crippen LogP) is 2.05. The monoisotopic (exact) mass is 628 g/mol. The fourth-order valence-corrected chi connectivity index (χ4v) is 7.93. The average molecular weight is 628 g/mol. The maximum absolute atomic E-state index is 12.9. The van der Waals surface area contributed by atoms with Crippen LogP contribution >= 0.6 is 22.6 Å². The van der Waals surface area contributed by atoms with E-state index < -0.39 is 48.5 Å². The highest BCUT2D eigenvalue weighted by atomic mass is 127. The third-order valence-corrected chi connectivity index (χ3v) is 9.66. The van der Waals surface area contributed by atoms with Crippen LogP contribution in [0.4, 0.5) is 0 Å². The van der Waals surface area contributed by atoms with Crippen molar-refractivity contribution in [2.75, 3.05) is 31.9 Å². The van der Waals surface area contributed by atoms with E-state index in [1.54, 1.807) is 0 Å². The molecule has 0 amide bonds. The number of phenolic OH excluding ortho intramolecular Hbond substituents is 1. The SMILES string of the molecule is COc1c2c(c(O)c3c4c(c(C)cc13)C1OC3(C(CO)CO)OC1[C@@](OC)(O4)[C@@]3(O)CI)C(=O)CCC2. The number of ether oxygens (including phenoxy) is 5. The summed E-state index contributed by atoms with van der Waals surface area (Å²) in [6.45, 7) is 0.847. The lowest BCUT2D eigenvalue weighted by atomic mass is 9.73. The van der Waals surface area contributed by atoms with Gasteiger partial charge in [0.25, 0.3) is 5.79 Å². The van der Waals surface area contributed by atoms with Crippen LogP contribution in [0.2, 0.25) is 0 Å². The van der Waals surface area contributed by atoms with Gasteiger partial charge in [0.2, 0.25) is 5.79 Å². The molecule has 0 aromatic heterocycles. The summed E-state index contributed by atoms with van der Waals surface area (Å²) in [5.41, 5.74) is 0.252. The van der Waals surface area contributed by atoms with Crippen LogP contribution < -0.4 is 9.47 Å². The molecule has 6 rings (SSSR count). The Morgan fingerprint density at radius 2 is 1.95 bits per heavy atom. The lowest BCUT2D eigenvalue weighted by molar-refractivity contribution is -0.359. The number of Topliss-reactive ketones (excluding diaryl/α,β-unsaturated/α-hetero) is 1. The first-order chi connectivity index (χ1) is 17.7. The molecule has 2 bridgehead atoms. The van der Waals surface area contributed by atoms with Crippen molar-refractivity contribution >= 4 is 39.1 Å². The Balaban J connectivity index is 1.69. The fraction of sp³-hybridized carbons (Fsp3) is 0.577. The van der Waals surface area contributed by atoms with Crippen LogP contribution in [0.3, 0.4) is 0 Å². The number of benzene rings is 2. The number of hydrogen-bond donors (Lipinski definition) is 4. The van der Waals surface area contributed by atoms with Crippen molar-refractivity contribution in [1.29, 1.82) is 0 Å². The molecule has 2 aromatic rings. The summed E-state index contributed by atoms with van der Waals surface area (Å²) < 4.78 is 31.0. The zero-order chi connectivity index (χ0) is 26.5. The molecule has 3 unspecified atom stereocenters. The van der Waals surface area contributed by atoms with E-state index in [0.29, 0.717) is 41.5 Å². The van der Waals surface area contributed by atoms with Crippen LogP contribution in [0.5, 0.6) is 17.2 Å². The first-order valence-corrected chi connectivity index (χ1v) is 13.7. The molecule has 0 saturated carbocycles. The van der Waals surface area contributed by atoms with Gasteiger partial charge in [0.05, 0.1) is 37.2 Å². The number of aliphatic hydroxyl groups is 3. The van der Waals surface area contributed by atoms with Crippen molar-refractivity contribution in [3.63, 3.8) is 0 Å². The molecule has 11 heteroatoms. The molecule has 0 radical (unpaired) electrons. The Kier molecular flexibility index (Phi) is 5.78. The van der Waals surface area contributed by atoms with Crippen molar-refractivity contribution in [1.82, 2.24) is 0 Å². The van der Waals surface area contributed by atoms with Crippen LogP contribution in [0.1, 0.15) is 46.0 Å². The maximum Gasteiger partial charge on any atom is 0.275 e. The summed E-state index contributed by atoms with van der Waals surface area (Å²) in [7, 11) is 2.91. The van der Waals surface area contributed by atoms with Crippen LogP contribution in [0.25, 0.3) is 10.8 Å². The van der Waals surface area contributed by atoms with Gasteiger partial charge in [0.1, 0.15) is 23.4 Å². The Bertz CT molecular complexity index is 1320. The highest BCUT2D eigenvalue weighted by molar-refractivity contribution is 14.1. The Morgan fingerprint density at radius 3 is 2.57 bits per heavy atom. The quantitative estimate of drug-likeness (QED) is 0.277. The summed E-state index contributed by atoms with van der Waals surface area (Å²) in [6, 6.07) is 1.86. The summed E-state index contributed by atoms with van der Waals surface area (Å²) >= 11 is 1.97. The highest BCUT2D eigenvalue weighted by Crippen LogP contribution is 2.68. The Morgan fingerprint density at radius 1 is 1.22 bits per heavy atom. The van der Waals surface area contributed by atoms with E-state index in [0.717, 1.165) is 5.56 Å². The summed E-state index contributed by atoms with van der Waals surface area (Å²) in [6.07, 6.45) is -0.181. The molecular weight excluding hydrogens is 599 g/mol. The lowest BCUT2D eigenvalue weighted by Crippen LogP contribution is -2.75. The number of carbonyl (C=O) groups is 1. The molecule has 200 valence electrons. The first kappa shape index (κ1) is 25.5. The van der Waals surface area contributed by atoms with Crippen LogP contribution in [-0.2, 0) is 20.6 Å². The van der Waals surface area contributed by atoms with Gasteiger partial charge in [-0.3, -0.25) is 4.79 Å². The minimum atomic E-state index is -1.95. The number of alkyl halides is 1. The highest BCUT2D eigenvalue weighted by Gasteiger charge is 2.86. The number of methoxy groups -OCH3 is 2. The number of hydrogen-bond acceptors (Lipinski definition) is 10. The molecule has 2 fully saturated rings. The molecule has 10 nitrogen and oxygen atoms in total. The van der Waals surface area contributed by atoms with E-state index in [4.69, 9.17) is 23.7 Å². The molecule has 3 aliphatic heterocycles. The number of carbonyl (C=O) groups excluding carboxylic acids is 1. The largest absolute Gasteiger partial charge is 0.506 e. The topological polar surface area (TPSA) is 144 Å². The molecule has 4 aliphatic rings. The molecule has 3 heterocycles. The van der Waals surface area contributed by atoms with E-state index in [9.17, 15) is 25.2 Å². The minimum absolute atomic E-state index is 0.0145. The summed E-state index contributed by atoms with van der Waals surface area (Å²) in [5, 5.41) is 44.7. The van der Waals surface area contributed by atoms with Gasteiger partial charge >= 0.3 is 0 Å². The van der Waals surface area contributed by atoms with Gasteiger partial charge in [-0.2, -0.15) is 0 Å². The molecule has 4 N–H and O–H groups in total. The van der Waals surface area contributed by atoms with Gasteiger partial charge in [0, 0.05) is 34.5 Å². The van der Waals surface area contributed by atoms with Crippen molar-refractivity contribution in [3.05, 3.63) is 28.3 Å². The predicted molar refractivity (Wildman–Crippen MR) is 137 cm³/mol. The van der Waals surface area contributed by atoms with Gasteiger partial charge in [0.15, 0.2) is 17.5 Å². The van der Waals surface area contributed by atoms with E-state index in [1.165, 1.54) is 14.2 Å². The zero-order valence-electron chi connectivity index (χ0n) is 20.7. The molecule has 1 aliphatic carbocycles. The van der Waals surface area contributed by atoms with E-state index in [1.807, 2.05) is 35.6 Å². The molecule has 0 spiro atoms. The number of ketones is 1. The first-order valence-electron chi connectivity index (χ1n) is 12.2. The average Bonchev–Trinajstić information content (AvgIpc) is 3.39. The third-order valence-electron chi connectivity index (χ3n) is 8.55. The number of aliphatic hydroxyl groups excluding tert-OH is 2. The molecular formula is C26H29IO10. The minimum Gasteiger partial charge on any atom is -0.506 e. The molecule has 5 atom stereocenters. The maximum atomic E-state index is 12.9. The van der Waals surface area contributed by atoms with Crippen LogP contribution in [0, 0.1) is 12.8 Å². The van der Waals surface area contributed by atoms with Crippen LogP contribution in [-0.4, -0.2) is 81.3 Å². The second-order valence-corrected chi connectivity index (χ2v) is 10.9. The smallest absolute Gasteiger partial charge is 0.275 e. The van der Waals surface area contributed by atoms with Gasteiger partial charge in [-0.25, -0.2) is 0 Å². The zero-order valence-corrected chi connectivity index (χ0v) is 22.8. The summed E-state index contributed by atoms with van der Waals surface area (Å²) in [4.78, 5) is 12.9. The van der Waals surface area contributed by atoms with Gasteiger partial charge in [-0.05, 0) is 31.4 Å². The molecule has 2 saturated heterocycles. The van der Waals surface area contributed by atoms with Gasteiger partial charge < -0.3 is 44.1 Å². The Labute approximate surface area is 226 Å². The Hall–Kier alpha value is -1.74. The third kappa shape index (κ3) is 2.78.